The Labute approximate surface area is 82.0 Å². The molecule has 0 amide bonds. The monoisotopic (exact) mass is 186 g/mol. The van der Waals surface area contributed by atoms with Crippen molar-refractivity contribution in [1.82, 2.24) is 9.55 Å². The van der Waals surface area contributed by atoms with Gasteiger partial charge in [0.15, 0.2) is 6.29 Å². The molecule has 0 aliphatic heterocycles. The number of carbonyl (C=O) groups excluding carboxylic acids is 1. The van der Waals surface area contributed by atoms with Gasteiger partial charge in [0, 0.05) is 30.7 Å². The minimum atomic E-state index is 0.678. The van der Waals surface area contributed by atoms with Crippen LogP contribution < -0.4 is 0 Å². The third-order valence-corrected chi connectivity index (χ3v) is 2.26. The molecule has 0 N–H and O–H groups in total. The minimum absolute atomic E-state index is 0.678. The minimum Gasteiger partial charge on any atom is -0.341 e. The Hall–Kier alpha value is -1.90. The standard InChI is InChI=1S/C11H10N2O/c1-13-10(8-14)2-3-11(13)9-4-6-12-7-5-9/h2-8H,1H3. The SMILES string of the molecule is Cn1c(C=O)ccc1-c1ccncc1. The second kappa shape index (κ2) is 3.46. The van der Waals surface area contributed by atoms with Crippen LogP contribution in [-0.2, 0) is 7.05 Å². The summed E-state index contributed by atoms with van der Waals surface area (Å²) in [4.78, 5) is 14.6. The topological polar surface area (TPSA) is 34.9 Å². The van der Waals surface area contributed by atoms with Crippen molar-refractivity contribution in [1.29, 1.82) is 0 Å². The predicted molar refractivity (Wildman–Crippen MR) is 54.0 cm³/mol. The van der Waals surface area contributed by atoms with E-state index in [9.17, 15) is 4.79 Å². The maximum atomic E-state index is 10.6. The Morgan fingerprint density at radius 1 is 1.21 bits per heavy atom. The average molecular weight is 186 g/mol. The maximum Gasteiger partial charge on any atom is 0.166 e. The predicted octanol–water partition coefficient (Wildman–Crippen LogP) is 1.90. The normalized spacial score (nSPS) is 10.1. The summed E-state index contributed by atoms with van der Waals surface area (Å²) < 4.78 is 1.86. The van der Waals surface area contributed by atoms with Gasteiger partial charge in [-0.3, -0.25) is 9.78 Å². The average Bonchev–Trinajstić information content (AvgIpc) is 2.61. The molecule has 0 aromatic carbocycles. The van der Waals surface area contributed by atoms with E-state index in [-0.39, 0.29) is 0 Å². The summed E-state index contributed by atoms with van der Waals surface area (Å²) in [6.07, 6.45) is 4.33. The van der Waals surface area contributed by atoms with E-state index in [0.29, 0.717) is 5.69 Å². The van der Waals surface area contributed by atoms with Gasteiger partial charge in [-0.1, -0.05) is 0 Å². The first-order valence-corrected chi connectivity index (χ1v) is 4.34. The van der Waals surface area contributed by atoms with Crippen LogP contribution in [0.5, 0.6) is 0 Å². The maximum absolute atomic E-state index is 10.6. The van der Waals surface area contributed by atoms with Crippen LogP contribution in [0.3, 0.4) is 0 Å². The molecule has 0 atom stereocenters. The van der Waals surface area contributed by atoms with Gasteiger partial charge in [0.25, 0.3) is 0 Å². The van der Waals surface area contributed by atoms with Gasteiger partial charge < -0.3 is 4.57 Å². The van der Waals surface area contributed by atoms with Gasteiger partial charge in [0.05, 0.1) is 5.69 Å². The van der Waals surface area contributed by atoms with Gasteiger partial charge in [-0.2, -0.15) is 0 Å². The molecule has 2 rings (SSSR count). The molecule has 3 nitrogen and oxygen atoms in total. The molecule has 3 heteroatoms. The number of carbonyl (C=O) groups is 1. The Balaban J connectivity index is 2.53. The summed E-state index contributed by atoms with van der Waals surface area (Å²) in [6, 6.07) is 7.58. The van der Waals surface area contributed by atoms with Crippen molar-refractivity contribution in [3.8, 4) is 11.3 Å². The summed E-state index contributed by atoms with van der Waals surface area (Å²) >= 11 is 0. The van der Waals surface area contributed by atoms with E-state index in [4.69, 9.17) is 0 Å². The smallest absolute Gasteiger partial charge is 0.166 e. The molecule has 0 radical (unpaired) electrons. The summed E-state index contributed by atoms with van der Waals surface area (Å²) in [5.41, 5.74) is 2.77. The Kier molecular flexibility index (Phi) is 2.14. The third kappa shape index (κ3) is 1.33. The largest absolute Gasteiger partial charge is 0.341 e. The first-order chi connectivity index (χ1) is 6.83. The highest BCUT2D eigenvalue weighted by Gasteiger charge is 2.04. The molecule has 2 heterocycles. The number of hydrogen-bond donors (Lipinski definition) is 0. The molecule has 0 aliphatic rings. The molecule has 0 aliphatic carbocycles. The van der Waals surface area contributed by atoms with Crippen LogP contribution >= 0.6 is 0 Å². The molecule has 0 unspecified atom stereocenters. The van der Waals surface area contributed by atoms with Crippen molar-refractivity contribution in [2.45, 2.75) is 0 Å². The molecule has 0 saturated heterocycles. The van der Waals surface area contributed by atoms with Crippen molar-refractivity contribution in [2.24, 2.45) is 7.05 Å². The van der Waals surface area contributed by atoms with E-state index >= 15 is 0 Å². The number of aromatic nitrogens is 2. The van der Waals surface area contributed by atoms with E-state index in [1.807, 2.05) is 35.9 Å². The molecule has 0 fully saturated rings. The fraction of sp³-hybridized carbons (Fsp3) is 0.0909. The number of pyridine rings is 1. The zero-order valence-corrected chi connectivity index (χ0v) is 7.84. The zero-order chi connectivity index (χ0) is 9.97. The highest BCUT2D eigenvalue weighted by atomic mass is 16.1. The van der Waals surface area contributed by atoms with Crippen molar-refractivity contribution in [2.75, 3.05) is 0 Å². The fourth-order valence-corrected chi connectivity index (χ4v) is 1.46. The van der Waals surface area contributed by atoms with Crippen molar-refractivity contribution in [3.05, 3.63) is 42.4 Å². The molecular weight excluding hydrogens is 176 g/mol. The molecule has 0 spiro atoms. The Bertz CT molecular complexity index is 446. The molecule has 14 heavy (non-hydrogen) atoms. The van der Waals surface area contributed by atoms with E-state index in [0.717, 1.165) is 17.5 Å². The van der Waals surface area contributed by atoms with Crippen molar-refractivity contribution >= 4 is 6.29 Å². The van der Waals surface area contributed by atoms with Crippen LogP contribution in [-0.4, -0.2) is 15.8 Å². The lowest BCUT2D eigenvalue weighted by atomic mass is 10.2. The van der Waals surface area contributed by atoms with Crippen molar-refractivity contribution in [3.63, 3.8) is 0 Å². The van der Waals surface area contributed by atoms with Crippen LogP contribution in [0.2, 0.25) is 0 Å². The number of rotatable bonds is 2. The van der Waals surface area contributed by atoms with Gasteiger partial charge in [0.2, 0.25) is 0 Å². The van der Waals surface area contributed by atoms with Crippen molar-refractivity contribution < 1.29 is 4.79 Å². The Morgan fingerprint density at radius 3 is 2.50 bits per heavy atom. The molecular formula is C11H10N2O. The van der Waals surface area contributed by atoms with Gasteiger partial charge in [-0.05, 0) is 24.3 Å². The van der Waals surface area contributed by atoms with E-state index in [2.05, 4.69) is 4.98 Å². The van der Waals surface area contributed by atoms with Crippen LogP contribution in [0.25, 0.3) is 11.3 Å². The Morgan fingerprint density at radius 2 is 1.93 bits per heavy atom. The lowest BCUT2D eigenvalue weighted by molar-refractivity contribution is 0.111. The number of aldehydes is 1. The van der Waals surface area contributed by atoms with Gasteiger partial charge in [-0.25, -0.2) is 0 Å². The lowest BCUT2D eigenvalue weighted by Crippen LogP contribution is -1.96. The first-order valence-electron chi connectivity index (χ1n) is 4.34. The van der Waals surface area contributed by atoms with Gasteiger partial charge >= 0.3 is 0 Å². The van der Waals surface area contributed by atoms with Crippen LogP contribution in [0, 0.1) is 0 Å². The van der Waals surface area contributed by atoms with E-state index < -0.39 is 0 Å². The highest BCUT2D eigenvalue weighted by molar-refractivity contribution is 5.76. The molecule has 0 saturated carbocycles. The van der Waals surface area contributed by atoms with Gasteiger partial charge in [-0.15, -0.1) is 0 Å². The van der Waals surface area contributed by atoms with Gasteiger partial charge in [0.1, 0.15) is 0 Å². The summed E-state index contributed by atoms with van der Waals surface area (Å²) in [5, 5.41) is 0. The van der Waals surface area contributed by atoms with Crippen LogP contribution in [0.4, 0.5) is 0 Å². The fourth-order valence-electron chi connectivity index (χ4n) is 1.46. The first kappa shape index (κ1) is 8.69. The molecule has 2 aromatic heterocycles. The van der Waals surface area contributed by atoms with Crippen LogP contribution in [0.1, 0.15) is 10.5 Å². The summed E-state index contributed by atoms with van der Waals surface area (Å²) in [6.45, 7) is 0. The molecule has 70 valence electrons. The quantitative estimate of drug-likeness (QED) is 0.671. The van der Waals surface area contributed by atoms with Crippen LogP contribution in [0.15, 0.2) is 36.7 Å². The molecule has 2 aromatic rings. The lowest BCUT2D eigenvalue weighted by Gasteiger charge is -2.03. The van der Waals surface area contributed by atoms with E-state index in [1.165, 1.54) is 0 Å². The zero-order valence-electron chi connectivity index (χ0n) is 7.84. The number of hydrogen-bond acceptors (Lipinski definition) is 2. The summed E-state index contributed by atoms with van der Waals surface area (Å²) in [5.74, 6) is 0. The molecule has 0 bridgehead atoms. The summed E-state index contributed by atoms with van der Waals surface area (Å²) in [7, 11) is 1.87. The third-order valence-electron chi connectivity index (χ3n) is 2.26. The highest BCUT2D eigenvalue weighted by Crippen LogP contribution is 2.19. The second-order valence-electron chi connectivity index (χ2n) is 3.06. The number of nitrogens with zero attached hydrogens (tertiary/aromatic N) is 2. The van der Waals surface area contributed by atoms with E-state index in [1.54, 1.807) is 12.4 Å². The second-order valence-corrected chi connectivity index (χ2v) is 3.06.